The monoisotopic (exact) mass is 452 g/mol. The third-order valence-electron chi connectivity index (χ3n) is 6.81. The summed E-state index contributed by atoms with van der Waals surface area (Å²) in [7, 11) is -2.06. The van der Waals surface area contributed by atoms with Gasteiger partial charge < -0.3 is 19.1 Å². The molecule has 2 atom stereocenters. The minimum atomic E-state index is -3.40. The van der Waals surface area contributed by atoms with Gasteiger partial charge >= 0.3 is 6.09 Å². The Balaban J connectivity index is 1.39. The van der Waals surface area contributed by atoms with Gasteiger partial charge in [-0.1, -0.05) is 24.3 Å². The fourth-order valence-corrected chi connectivity index (χ4v) is 6.10. The molecular weight excluding hydrogens is 420 g/mol. The molecule has 0 unspecified atom stereocenters. The maximum absolute atomic E-state index is 12.3. The molecule has 3 aliphatic rings. The molecule has 1 saturated carbocycles. The van der Waals surface area contributed by atoms with E-state index in [1.54, 1.807) is 4.90 Å². The first-order chi connectivity index (χ1) is 14.8. The quantitative estimate of drug-likeness (QED) is 0.738. The Kier molecular flexibility index (Phi) is 6.57. The van der Waals surface area contributed by atoms with Crippen LogP contribution in [0.4, 0.5) is 4.79 Å². The molecule has 4 rings (SSSR count). The summed E-state index contributed by atoms with van der Waals surface area (Å²) in [6, 6.07) is 7.64. The van der Waals surface area contributed by atoms with Crippen molar-refractivity contribution in [1.29, 1.82) is 0 Å². The molecule has 0 aromatic heterocycles. The zero-order valence-electron chi connectivity index (χ0n) is 18.2. The largest absolute Gasteiger partial charge is 0.453 e. The minimum Gasteiger partial charge on any atom is -0.453 e. The second kappa shape index (κ2) is 9.05. The summed E-state index contributed by atoms with van der Waals surface area (Å²) in [5, 5.41) is 0. The van der Waals surface area contributed by atoms with Crippen molar-refractivity contribution < 1.29 is 27.4 Å². The lowest BCUT2D eigenvalue weighted by molar-refractivity contribution is -0.102. The van der Waals surface area contributed by atoms with Crippen LogP contribution in [0.5, 0.6) is 0 Å². The van der Waals surface area contributed by atoms with Crippen molar-refractivity contribution in [2.75, 3.05) is 26.5 Å². The molecule has 2 heterocycles. The SMILES string of the molecule is COC(=O)N1CCC[C@H](NS(C)(=O)=O)[C@@H]1CO[C@H]1CC[C@@]2(CC1)OCc1ccccc12. The van der Waals surface area contributed by atoms with Gasteiger partial charge in [0.05, 0.1) is 44.3 Å². The minimum absolute atomic E-state index is 0.0577. The standard InChI is InChI=1S/C22H32N2O6S/c1-28-21(25)24-13-5-8-19(23-31(2,26)27)20(24)15-29-17-9-11-22(12-10-17)18-7-4-3-6-16(18)14-30-22/h3-4,6-7,17,19-20,23H,5,8-15H2,1-2H3/t17-,19-,20-,22-/m0/s1. The van der Waals surface area contributed by atoms with E-state index in [0.29, 0.717) is 26.0 Å². The van der Waals surface area contributed by atoms with Crippen molar-refractivity contribution in [3.8, 4) is 0 Å². The highest BCUT2D eigenvalue weighted by atomic mass is 32.2. The highest BCUT2D eigenvalue weighted by Crippen LogP contribution is 2.47. The summed E-state index contributed by atoms with van der Waals surface area (Å²) in [5.41, 5.74) is 2.36. The molecule has 31 heavy (non-hydrogen) atoms. The topological polar surface area (TPSA) is 94.2 Å². The predicted octanol–water partition coefficient (Wildman–Crippen LogP) is 2.52. The van der Waals surface area contributed by atoms with Crippen molar-refractivity contribution >= 4 is 16.1 Å². The molecular formula is C22H32N2O6S. The van der Waals surface area contributed by atoms with Crippen LogP contribution in [0.15, 0.2) is 24.3 Å². The van der Waals surface area contributed by atoms with E-state index in [9.17, 15) is 13.2 Å². The Bertz CT molecular complexity index is 897. The van der Waals surface area contributed by atoms with Crippen LogP contribution >= 0.6 is 0 Å². The molecule has 172 valence electrons. The van der Waals surface area contributed by atoms with Crippen molar-refractivity contribution in [2.45, 2.75) is 68.9 Å². The van der Waals surface area contributed by atoms with Gasteiger partial charge in [0.25, 0.3) is 0 Å². The summed E-state index contributed by atoms with van der Waals surface area (Å²) in [5.74, 6) is 0. The van der Waals surface area contributed by atoms with E-state index in [2.05, 4.69) is 22.9 Å². The Labute approximate surface area is 184 Å². The number of rotatable bonds is 5. The maximum atomic E-state index is 12.3. The molecule has 8 nitrogen and oxygen atoms in total. The van der Waals surface area contributed by atoms with Gasteiger partial charge in [-0.05, 0) is 49.7 Å². The Morgan fingerprint density at radius 2 is 2.00 bits per heavy atom. The van der Waals surface area contributed by atoms with E-state index in [1.165, 1.54) is 18.2 Å². The van der Waals surface area contributed by atoms with Crippen molar-refractivity contribution in [2.24, 2.45) is 0 Å². The Morgan fingerprint density at radius 1 is 1.26 bits per heavy atom. The summed E-state index contributed by atoms with van der Waals surface area (Å²) in [6.07, 6.45) is 5.63. The number of benzene rings is 1. The number of carbonyl (C=O) groups excluding carboxylic acids is 1. The fraction of sp³-hybridized carbons (Fsp3) is 0.682. The van der Waals surface area contributed by atoms with Gasteiger partial charge in [-0.15, -0.1) is 0 Å². The van der Waals surface area contributed by atoms with Gasteiger partial charge in [-0.2, -0.15) is 0 Å². The molecule has 1 saturated heterocycles. The summed E-state index contributed by atoms with van der Waals surface area (Å²) in [6.45, 7) is 1.47. The number of sulfonamides is 1. The van der Waals surface area contributed by atoms with Crippen LogP contribution in [-0.4, -0.2) is 64.1 Å². The summed E-state index contributed by atoms with van der Waals surface area (Å²) in [4.78, 5) is 13.9. The average molecular weight is 453 g/mol. The zero-order chi connectivity index (χ0) is 22.1. The smallest absolute Gasteiger partial charge is 0.409 e. The lowest BCUT2D eigenvalue weighted by atomic mass is 9.78. The normalized spacial score (nSPS) is 30.9. The molecule has 1 spiro atoms. The van der Waals surface area contributed by atoms with Crippen LogP contribution in [0.25, 0.3) is 0 Å². The number of nitrogens with zero attached hydrogens (tertiary/aromatic N) is 1. The number of nitrogens with one attached hydrogen (secondary N) is 1. The summed E-state index contributed by atoms with van der Waals surface area (Å²) >= 11 is 0. The predicted molar refractivity (Wildman–Crippen MR) is 115 cm³/mol. The number of hydrogen-bond acceptors (Lipinski definition) is 6. The lowest BCUT2D eigenvalue weighted by Crippen LogP contribution is -2.59. The van der Waals surface area contributed by atoms with Crippen LogP contribution < -0.4 is 4.72 Å². The average Bonchev–Trinajstić information content (AvgIpc) is 3.10. The van der Waals surface area contributed by atoms with Gasteiger partial charge in [0.1, 0.15) is 0 Å². The number of methoxy groups -OCH3 is 1. The van der Waals surface area contributed by atoms with Gasteiger partial charge in [0.2, 0.25) is 10.0 Å². The van der Waals surface area contributed by atoms with Crippen LogP contribution in [0, 0.1) is 0 Å². The van der Waals surface area contributed by atoms with Gasteiger partial charge in [0.15, 0.2) is 0 Å². The highest BCUT2D eigenvalue weighted by molar-refractivity contribution is 7.88. The van der Waals surface area contributed by atoms with Crippen LogP contribution in [0.1, 0.15) is 49.7 Å². The number of hydrogen-bond donors (Lipinski definition) is 1. The molecule has 1 aromatic rings. The van der Waals surface area contributed by atoms with Crippen LogP contribution in [-0.2, 0) is 36.4 Å². The van der Waals surface area contributed by atoms with E-state index in [0.717, 1.165) is 31.9 Å². The number of ether oxygens (including phenoxy) is 3. The molecule has 0 bridgehead atoms. The second-order valence-corrected chi connectivity index (χ2v) is 10.6. The van der Waals surface area contributed by atoms with Gasteiger partial charge in [0, 0.05) is 12.6 Å². The number of likely N-dealkylation sites (tertiary alicyclic amines) is 1. The van der Waals surface area contributed by atoms with Gasteiger partial charge in [-0.3, -0.25) is 0 Å². The molecule has 2 aliphatic heterocycles. The van der Waals surface area contributed by atoms with Crippen molar-refractivity contribution in [3.05, 3.63) is 35.4 Å². The zero-order valence-corrected chi connectivity index (χ0v) is 19.0. The maximum Gasteiger partial charge on any atom is 0.409 e. The fourth-order valence-electron chi connectivity index (χ4n) is 5.28. The first kappa shape index (κ1) is 22.5. The van der Waals surface area contributed by atoms with Crippen molar-refractivity contribution in [1.82, 2.24) is 9.62 Å². The van der Waals surface area contributed by atoms with E-state index < -0.39 is 22.2 Å². The number of carbonyl (C=O) groups is 1. The van der Waals surface area contributed by atoms with E-state index in [4.69, 9.17) is 14.2 Å². The van der Waals surface area contributed by atoms with E-state index in [1.807, 2.05) is 6.07 Å². The van der Waals surface area contributed by atoms with Crippen LogP contribution in [0.3, 0.4) is 0 Å². The van der Waals surface area contributed by atoms with E-state index >= 15 is 0 Å². The molecule has 0 radical (unpaired) electrons. The third kappa shape index (κ3) is 4.89. The molecule has 1 aromatic carbocycles. The number of piperidine rings is 1. The Hall–Kier alpha value is -1.68. The second-order valence-electron chi connectivity index (χ2n) is 8.84. The summed E-state index contributed by atoms with van der Waals surface area (Å²) < 4.78 is 43.8. The van der Waals surface area contributed by atoms with E-state index in [-0.39, 0.29) is 24.4 Å². The lowest BCUT2D eigenvalue weighted by Gasteiger charge is -2.42. The molecule has 1 amide bonds. The van der Waals surface area contributed by atoms with Crippen molar-refractivity contribution in [3.63, 3.8) is 0 Å². The molecule has 2 fully saturated rings. The first-order valence-corrected chi connectivity index (χ1v) is 12.9. The molecule has 9 heteroatoms. The Morgan fingerprint density at radius 3 is 2.71 bits per heavy atom. The number of fused-ring (bicyclic) bond motifs is 2. The molecule has 1 aliphatic carbocycles. The number of amides is 1. The highest BCUT2D eigenvalue weighted by Gasteiger charge is 2.43. The third-order valence-corrected chi connectivity index (χ3v) is 7.54. The van der Waals surface area contributed by atoms with Gasteiger partial charge in [-0.25, -0.2) is 17.9 Å². The first-order valence-electron chi connectivity index (χ1n) is 11.0. The molecule has 1 N–H and O–H groups in total. The van der Waals surface area contributed by atoms with Crippen LogP contribution in [0.2, 0.25) is 0 Å².